The maximum atomic E-state index is 9.59. The molecule has 1 aromatic heterocycles. The van der Waals surface area contributed by atoms with Gasteiger partial charge in [-0.15, -0.1) is 0 Å². The topological polar surface area (TPSA) is 58.0 Å². The van der Waals surface area contributed by atoms with E-state index in [1.807, 2.05) is 31.2 Å². The number of hydrogen-bond acceptors (Lipinski definition) is 4. The highest BCUT2D eigenvalue weighted by molar-refractivity contribution is 5.38. The number of anilines is 1. The number of aliphatic hydroxyl groups excluding tert-OH is 1. The second kappa shape index (κ2) is 7.18. The number of hydrogen-bond donors (Lipinski definition) is 2. The largest absolute Gasteiger partial charge is 0.394 e. The minimum Gasteiger partial charge on any atom is -0.394 e. The molecule has 1 aromatic carbocycles. The first kappa shape index (κ1) is 15.4. The van der Waals surface area contributed by atoms with E-state index in [9.17, 15) is 5.11 Å². The van der Waals surface area contributed by atoms with Gasteiger partial charge in [-0.3, -0.25) is 0 Å². The average molecular weight is 285 g/mol. The second-order valence-corrected chi connectivity index (χ2v) is 5.62. The van der Waals surface area contributed by atoms with E-state index in [2.05, 4.69) is 41.3 Å². The first-order chi connectivity index (χ1) is 10.1. The molecule has 21 heavy (non-hydrogen) atoms. The first-order valence-electron chi connectivity index (χ1n) is 7.35. The Hall–Kier alpha value is -1.94. The number of benzene rings is 1. The van der Waals surface area contributed by atoms with Gasteiger partial charge in [0, 0.05) is 17.7 Å². The van der Waals surface area contributed by atoms with E-state index >= 15 is 0 Å². The highest BCUT2D eigenvalue weighted by atomic mass is 16.3. The van der Waals surface area contributed by atoms with Crippen LogP contribution in [-0.2, 0) is 6.42 Å². The molecule has 0 aliphatic rings. The zero-order valence-corrected chi connectivity index (χ0v) is 12.9. The van der Waals surface area contributed by atoms with E-state index < -0.39 is 0 Å². The summed E-state index contributed by atoms with van der Waals surface area (Å²) in [6.45, 7) is 6.18. The van der Waals surface area contributed by atoms with Crippen LogP contribution in [-0.4, -0.2) is 27.7 Å². The molecule has 1 unspecified atom stereocenters. The summed E-state index contributed by atoms with van der Waals surface area (Å²) in [5, 5.41) is 12.9. The molecule has 0 aliphatic carbocycles. The van der Waals surface area contributed by atoms with Crippen LogP contribution in [0.3, 0.4) is 0 Å². The molecule has 1 heterocycles. The van der Waals surface area contributed by atoms with E-state index in [-0.39, 0.29) is 18.6 Å². The van der Waals surface area contributed by atoms with Crippen LogP contribution in [0.25, 0.3) is 0 Å². The lowest BCUT2D eigenvalue weighted by molar-refractivity contribution is 0.273. The van der Waals surface area contributed by atoms with Gasteiger partial charge in [0.15, 0.2) is 0 Å². The van der Waals surface area contributed by atoms with Gasteiger partial charge < -0.3 is 10.4 Å². The van der Waals surface area contributed by atoms with Crippen molar-refractivity contribution in [2.45, 2.75) is 39.2 Å². The molecule has 0 fully saturated rings. The molecule has 0 spiro atoms. The summed E-state index contributed by atoms with van der Waals surface area (Å²) in [6.07, 6.45) is 0.761. The molecule has 0 amide bonds. The molecule has 4 nitrogen and oxygen atoms in total. The lowest BCUT2D eigenvalue weighted by atomic mass is 10.1. The molecule has 112 valence electrons. The van der Waals surface area contributed by atoms with Gasteiger partial charge in [0.2, 0.25) is 0 Å². The summed E-state index contributed by atoms with van der Waals surface area (Å²) in [5.41, 5.74) is 2.13. The molecule has 0 bridgehead atoms. The predicted molar refractivity (Wildman–Crippen MR) is 85.5 cm³/mol. The van der Waals surface area contributed by atoms with Crippen molar-refractivity contribution < 1.29 is 5.11 Å². The maximum absolute atomic E-state index is 9.59. The van der Waals surface area contributed by atoms with E-state index in [0.717, 1.165) is 23.8 Å². The standard InChI is InChI=1S/C17H23N3O/c1-12(2)17-18-13(3)9-16(20-17)19-15(11-21)10-14-7-5-4-6-8-14/h4-9,12,15,21H,10-11H2,1-3H3,(H,18,19,20). The molecule has 2 rings (SSSR count). The lowest BCUT2D eigenvalue weighted by Gasteiger charge is -2.18. The Morgan fingerprint density at radius 3 is 2.48 bits per heavy atom. The van der Waals surface area contributed by atoms with Gasteiger partial charge >= 0.3 is 0 Å². The van der Waals surface area contributed by atoms with Crippen LogP contribution < -0.4 is 5.32 Å². The molecule has 4 heteroatoms. The van der Waals surface area contributed by atoms with Crippen molar-refractivity contribution in [3.63, 3.8) is 0 Å². The fraction of sp³-hybridized carbons (Fsp3) is 0.412. The van der Waals surface area contributed by atoms with Gasteiger partial charge in [0.05, 0.1) is 12.6 Å². The highest BCUT2D eigenvalue weighted by Gasteiger charge is 2.11. The van der Waals surface area contributed by atoms with Crippen LogP contribution in [0.1, 0.15) is 36.8 Å². The number of aryl methyl sites for hydroxylation is 1. The Bertz CT molecular complexity index is 570. The Kier molecular flexibility index (Phi) is 5.28. The fourth-order valence-corrected chi connectivity index (χ4v) is 2.19. The molecule has 0 aliphatic heterocycles. The molecular formula is C17H23N3O. The summed E-state index contributed by atoms with van der Waals surface area (Å²) < 4.78 is 0. The van der Waals surface area contributed by atoms with Gasteiger partial charge in [-0.1, -0.05) is 44.2 Å². The maximum Gasteiger partial charge on any atom is 0.133 e. The van der Waals surface area contributed by atoms with Crippen molar-refractivity contribution in [3.05, 3.63) is 53.5 Å². The summed E-state index contributed by atoms with van der Waals surface area (Å²) in [6, 6.07) is 12.0. The van der Waals surface area contributed by atoms with E-state index in [1.165, 1.54) is 5.56 Å². The van der Waals surface area contributed by atoms with Crippen molar-refractivity contribution in [2.24, 2.45) is 0 Å². The fourth-order valence-electron chi connectivity index (χ4n) is 2.19. The van der Waals surface area contributed by atoms with Gasteiger partial charge in [-0.05, 0) is 18.9 Å². The number of nitrogens with one attached hydrogen (secondary N) is 1. The first-order valence-corrected chi connectivity index (χ1v) is 7.35. The van der Waals surface area contributed by atoms with E-state index in [1.54, 1.807) is 0 Å². The van der Waals surface area contributed by atoms with Crippen molar-refractivity contribution in [2.75, 3.05) is 11.9 Å². The predicted octanol–water partition coefficient (Wildman–Crippen LogP) is 2.92. The summed E-state index contributed by atoms with van der Waals surface area (Å²) in [4.78, 5) is 8.97. The van der Waals surface area contributed by atoms with Crippen LogP contribution in [0.4, 0.5) is 5.82 Å². The number of nitrogens with zero attached hydrogens (tertiary/aromatic N) is 2. The van der Waals surface area contributed by atoms with Crippen molar-refractivity contribution >= 4 is 5.82 Å². The Morgan fingerprint density at radius 1 is 1.14 bits per heavy atom. The molecule has 0 saturated carbocycles. The lowest BCUT2D eigenvalue weighted by Crippen LogP contribution is -2.27. The summed E-state index contributed by atoms with van der Waals surface area (Å²) in [7, 11) is 0. The summed E-state index contributed by atoms with van der Waals surface area (Å²) >= 11 is 0. The minimum atomic E-state index is -0.0540. The molecule has 1 atom stereocenters. The normalized spacial score (nSPS) is 12.4. The van der Waals surface area contributed by atoms with Gasteiger partial charge in [-0.25, -0.2) is 9.97 Å². The monoisotopic (exact) mass is 285 g/mol. The Morgan fingerprint density at radius 2 is 1.86 bits per heavy atom. The minimum absolute atomic E-state index is 0.0540. The van der Waals surface area contributed by atoms with Crippen molar-refractivity contribution in [1.82, 2.24) is 9.97 Å². The Balaban J connectivity index is 2.11. The van der Waals surface area contributed by atoms with Crippen LogP contribution in [0.15, 0.2) is 36.4 Å². The van der Waals surface area contributed by atoms with Gasteiger partial charge in [0.25, 0.3) is 0 Å². The quantitative estimate of drug-likeness (QED) is 0.857. The molecule has 0 radical (unpaired) electrons. The zero-order valence-electron chi connectivity index (χ0n) is 12.9. The third-order valence-corrected chi connectivity index (χ3v) is 3.29. The smallest absolute Gasteiger partial charge is 0.133 e. The SMILES string of the molecule is Cc1cc(NC(CO)Cc2ccccc2)nc(C(C)C)n1. The summed E-state index contributed by atoms with van der Waals surface area (Å²) in [5.74, 6) is 1.89. The Labute approximate surface area is 126 Å². The number of rotatable bonds is 6. The van der Waals surface area contributed by atoms with E-state index in [4.69, 9.17) is 0 Å². The van der Waals surface area contributed by atoms with Crippen molar-refractivity contribution in [1.29, 1.82) is 0 Å². The third kappa shape index (κ3) is 4.53. The van der Waals surface area contributed by atoms with Crippen LogP contribution >= 0.6 is 0 Å². The van der Waals surface area contributed by atoms with Crippen LogP contribution in [0, 0.1) is 6.92 Å². The average Bonchev–Trinajstić information content (AvgIpc) is 2.47. The third-order valence-electron chi connectivity index (χ3n) is 3.29. The zero-order chi connectivity index (χ0) is 15.2. The van der Waals surface area contributed by atoms with Gasteiger partial charge in [0.1, 0.15) is 11.6 Å². The molecule has 2 N–H and O–H groups in total. The van der Waals surface area contributed by atoms with E-state index in [0.29, 0.717) is 0 Å². The number of aromatic nitrogens is 2. The van der Waals surface area contributed by atoms with Gasteiger partial charge in [-0.2, -0.15) is 0 Å². The molecule has 0 saturated heterocycles. The highest BCUT2D eigenvalue weighted by Crippen LogP contribution is 2.15. The van der Waals surface area contributed by atoms with Crippen LogP contribution in [0.2, 0.25) is 0 Å². The second-order valence-electron chi connectivity index (χ2n) is 5.62. The van der Waals surface area contributed by atoms with Crippen LogP contribution in [0.5, 0.6) is 0 Å². The molecule has 2 aromatic rings. The number of aliphatic hydroxyl groups is 1. The van der Waals surface area contributed by atoms with Crippen molar-refractivity contribution in [3.8, 4) is 0 Å². The molecular weight excluding hydrogens is 262 g/mol.